The summed E-state index contributed by atoms with van der Waals surface area (Å²) in [6.07, 6.45) is 3.92. The van der Waals surface area contributed by atoms with E-state index in [0.29, 0.717) is 6.54 Å². The van der Waals surface area contributed by atoms with Gasteiger partial charge in [-0.3, -0.25) is 4.79 Å². The summed E-state index contributed by atoms with van der Waals surface area (Å²) in [5, 5.41) is 12.6. The zero-order valence-electron chi connectivity index (χ0n) is 12.1. The van der Waals surface area contributed by atoms with Gasteiger partial charge in [-0.1, -0.05) is 31.0 Å². The van der Waals surface area contributed by atoms with Gasteiger partial charge in [0.15, 0.2) is 0 Å². The lowest BCUT2D eigenvalue weighted by molar-refractivity contribution is -0.122. The highest BCUT2D eigenvalue weighted by molar-refractivity contribution is 5.82. The number of aliphatic hydroxyl groups excluding tert-OH is 1. The van der Waals surface area contributed by atoms with E-state index in [9.17, 15) is 9.90 Å². The van der Waals surface area contributed by atoms with Crippen LogP contribution < -0.4 is 10.2 Å². The molecule has 2 rings (SSSR count). The van der Waals surface area contributed by atoms with Crippen molar-refractivity contribution in [3.05, 3.63) is 30.3 Å². The molecule has 0 saturated heterocycles. The summed E-state index contributed by atoms with van der Waals surface area (Å²) in [6, 6.07) is 9.93. The van der Waals surface area contributed by atoms with Crippen LogP contribution in [0.25, 0.3) is 0 Å². The first-order valence-electron chi connectivity index (χ1n) is 7.41. The molecule has 1 fully saturated rings. The number of nitrogens with one attached hydrogen (secondary N) is 1. The molecule has 4 heteroatoms. The van der Waals surface area contributed by atoms with Crippen molar-refractivity contribution in [2.45, 2.75) is 38.1 Å². The third-order valence-corrected chi connectivity index (χ3v) is 4.11. The fraction of sp³-hybridized carbons (Fsp3) is 0.562. The predicted molar refractivity (Wildman–Crippen MR) is 80.8 cm³/mol. The van der Waals surface area contributed by atoms with Crippen LogP contribution in [0.15, 0.2) is 30.3 Å². The second-order valence-corrected chi connectivity index (χ2v) is 5.54. The first-order valence-corrected chi connectivity index (χ1v) is 7.41. The average Bonchev–Trinajstić information content (AvgIpc) is 2.94. The molecule has 1 aliphatic carbocycles. The lowest BCUT2D eigenvalue weighted by Crippen LogP contribution is -2.52. The van der Waals surface area contributed by atoms with E-state index >= 15 is 0 Å². The van der Waals surface area contributed by atoms with Gasteiger partial charge in [-0.2, -0.15) is 0 Å². The number of carbonyl (C=O) groups is 1. The molecule has 0 heterocycles. The molecule has 0 atom stereocenters. The van der Waals surface area contributed by atoms with Gasteiger partial charge >= 0.3 is 0 Å². The summed E-state index contributed by atoms with van der Waals surface area (Å²) in [5.74, 6) is -0.00773. The summed E-state index contributed by atoms with van der Waals surface area (Å²) < 4.78 is 0. The number of para-hydroxylation sites is 1. The zero-order chi connectivity index (χ0) is 14.4. The highest BCUT2D eigenvalue weighted by Gasteiger charge is 2.34. The minimum atomic E-state index is -0.382. The second kappa shape index (κ2) is 6.75. The van der Waals surface area contributed by atoms with Crippen LogP contribution in [0.2, 0.25) is 0 Å². The molecule has 1 saturated carbocycles. The van der Waals surface area contributed by atoms with Crippen molar-refractivity contribution < 1.29 is 9.90 Å². The largest absolute Gasteiger partial charge is 0.394 e. The Kier molecular flexibility index (Phi) is 5.01. The molecule has 1 aliphatic rings. The van der Waals surface area contributed by atoms with E-state index in [1.54, 1.807) is 0 Å². The molecular formula is C16H24N2O2. The molecule has 1 amide bonds. The first-order chi connectivity index (χ1) is 9.69. The number of nitrogens with zero attached hydrogens (tertiary/aromatic N) is 1. The van der Waals surface area contributed by atoms with E-state index in [1.807, 2.05) is 42.2 Å². The van der Waals surface area contributed by atoms with E-state index in [0.717, 1.165) is 37.9 Å². The summed E-state index contributed by atoms with van der Waals surface area (Å²) in [6.45, 7) is 3.19. The van der Waals surface area contributed by atoms with Crippen LogP contribution in [0.3, 0.4) is 0 Å². The van der Waals surface area contributed by atoms with Crippen LogP contribution in [0.1, 0.15) is 32.6 Å². The maximum absolute atomic E-state index is 12.2. The molecule has 0 unspecified atom stereocenters. The quantitative estimate of drug-likeness (QED) is 0.835. The Morgan fingerprint density at radius 3 is 2.50 bits per heavy atom. The number of likely N-dealkylation sites (N-methyl/N-ethyl adjacent to an activating group) is 1. The van der Waals surface area contributed by atoms with Crippen molar-refractivity contribution in [2.24, 2.45) is 0 Å². The number of anilines is 1. The monoisotopic (exact) mass is 276 g/mol. The highest BCUT2D eigenvalue weighted by Crippen LogP contribution is 2.29. The first kappa shape index (κ1) is 14.9. The standard InChI is InChI=1S/C16H24N2O2/c1-2-18(14-8-4-3-5-9-14)12-15(20)17-16(13-19)10-6-7-11-16/h3-5,8-9,19H,2,6-7,10-13H2,1H3,(H,17,20). The van der Waals surface area contributed by atoms with Crippen molar-refractivity contribution in [3.63, 3.8) is 0 Å². The predicted octanol–water partition coefficient (Wildman–Crippen LogP) is 1.93. The number of hydrogen-bond donors (Lipinski definition) is 2. The SMILES string of the molecule is CCN(CC(=O)NC1(CO)CCCC1)c1ccccc1. The van der Waals surface area contributed by atoms with Gasteiger partial charge in [0.1, 0.15) is 0 Å². The van der Waals surface area contributed by atoms with E-state index < -0.39 is 0 Å². The number of amides is 1. The minimum Gasteiger partial charge on any atom is -0.394 e. The Balaban J connectivity index is 1.96. The fourth-order valence-corrected chi connectivity index (χ4v) is 2.91. The van der Waals surface area contributed by atoms with Crippen molar-refractivity contribution in [1.29, 1.82) is 0 Å². The molecule has 1 aromatic rings. The van der Waals surface area contributed by atoms with Crippen LogP contribution in [-0.4, -0.2) is 36.2 Å². The van der Waals surface area contributed by atoms with Gasteiger partial charge in [0.05, 0.1) is 18.7 Å². The third-order valence-electron chi connectivity index (χ3n) is 4.11. The molecule has 2 N–H and O–H groups in total. The Labute approximate surface area is 120 Å². The normalized spacial score (nSPS) is 16.9. The van der Waals surface area contributed by atoms with E-state index in [1.165, 1.54) is 0 Å². The van der Waals surface area contributed by atoms with Crippen molar-refractivity contribution in [3.8, 4) is 0 Å². The summed E-state index contributed by atoms with van der Waals surface area (Å²) in [4.78, 5) is 14.3. The number of carbonyl (C=O) groups excluding carboxylic acids is 1. The highest BCUT2D eigenvalue weighted by atomic mass is 16.3. The smallest absolute Gasteiger partial charge is 0.240 e. The Hall–Kier alpha value is -1.55. The minimum absolute atomic E-state index is 0.00773. The maximum Gasteiger partial charge on any atom is 0.240 e. The number of hydrogen-bond acceptors (Lipinski definition) is 3. The van der Waals surface area contributed by atoms with Crippen LogP contribution in [0.4, 0.5) is 5.69 Å². The Bertz CT molecular complexity index is 427. The fourth-order valence-electron chi connectivity index (χ4n) is 2.91. The lowest BCUT2D eigenvalue weighted by Gasteiger charge is -2.30. The van der Waals surface area contributed by atoms with Gasteiger partial charge in [-0.15, -0.1) is 0 Å². The van der Waals surface area contributed by atoms with Crippen molar-refractivity contribution >= 4 is 11.6 Å². The molecule has 1 aromatic carbocycles. The van der Waals surface area contributed by atoms with Gasteiger partial charge in [-0.25, -0.2) is 0 Å². The van der Waals surface area contributed by atoms with Crippen LogP contribution in [0, 0.1) is 0 Å². The van der Waals surface area contributed by atoms with Crippen LogP contribution in [-0.2, 0) is 4.79 Å². The van der Waals surface area contributed by atoms with Crippen LogP contribution in [0.5, 0.6) is 0 Å². The van der Waals surface area contributed by atoms with Crippen molar-refractivity contribution in [2.75, 3.05) is 24.6 Å². The molecule has 0 radical (unpaired) electrons. The molecule has 20 heavy (non-hydrogen) atoms. The van der Waals surface area contributed by atoms with Crippen LogP contribution >= 0.6 is 0 Å². The van der Waals surface area contributed by atoms with Gasteiger partial charge in [0.2, 0.25) is 5.91 Å². The average molecular weight is 276 g/mol. The van der Waals surface area contributed by atoms with Gasteiger partial charge < -0.3 is 15.3 Å². The molecule has 110 valence electrons. The second-order valence-electron chi connectivity index (χ2n) is 5.54. The molecule has 4 nitrogen and oxygen atoms in total. The molecule has 0 spiro atoms. The number of benzene rings is 1. The Morgan fingerprint density at radius 1 is 1.30 bits per heavy atom. The zero-order valence-corrected chi connectivity index (χ0v) is 12.1. The maximum atomic E-state index is 12.2. The van der Waals surface area contributed by atoms with E-state index in [4.69, 9.17) is 0 Å². The topological polar surface area (TPSA) is 52.6 Å². The van der Waals surface area contributed by atoms with Gasteiger partial charge in [-0.05, 0) is 31.9 Å². The number of rotatable bonds is 6. The van der Waals surface area contributed by atoms with E-state index in [-0.39, 0.29) is 18.1 Å². The molecule has 0 aliphatic heterocycles. The Morgan fingerprint density at radius 2 is 1.95 bits per heavy atom. The van der Waals surface area contributed by atoms with Gasteiger partial charge in [0, 0.05) is 12.2 Å². The molecular weight excluding hydrogens is 252 g/mol. The number of aliphatic hydroxyl groups is 1. The van der Waals surface area contributed by atoms with E-state index in [2.05, 4.69) is 5.32 Å². The summed E-state index contributed by atoms with van der Waals surface area (Å²) >= 11 is 0. The summed E-state index contributed by atoms with van der Waals surface area (Å²) in [7, 11) is 0. The summed E-state index contributed by atoms with van der Waals surface area (Å²) in [5.41, 5.74) is 0.669. The van der Waals surface area contributed by atoms with Crippen molar-refractivity contribution in [1.82, 2.24) is 5.32 Å². The lowest BCUT2D eigenvalue weighted by atomic mass is 9.99. The third kappa shape index (κ3) is 3.51. The molecule has 0 aromatic heterocycles. The molecule has 0 bridgehead atoms. The van der Waals surface area contributed by atoms with Gasteiger partial charge in [0.25, 0.3) is 0 Å².